The maximum absolute atomic E-state index is 12.1. The molecule has 0 bridgehead atoms. The third-order valence-electron chi connectivity index (χ3n) is 3.42. The summed E-state index contributed by atoms with van der Waals surface area (Å²) in [6.07, 6.45) is 0. The minimum atomic E-state index is -0.449. The van der Waals surface area contributed by atoms with Crippen LogP contribution in [0.3, 0.4) is 0 Å². The number of Topliss-reactive ketones (excluding diaryl/α,β-unsaturated/α-hetero) is 1. The number of fused-ring (bicyclic) bond motifs is 1. The van der Waals surface area contributed by atoms with E-state index < -0.39 is 11.7 Å². The number of methoxy groups -OCH3 is 1. The molecule has 1 aromatic rings. The first kappa shape index (κ1) is 14.5. The average Bonchev–Trinajstić information content (AvgIpc) is 2.69. The van der Waals surface area contributed by atoms with Crippen molar-refractivity contribution in [3.05, 3.63) is 23.8 Å². The maximum Gasteiger partial charge on any atom is 0.299 e. The Labute approximate surface area is 118 Å². The van der Waals surface area contributed by atoms with Crippen LogP contribution in [0.1, 0.15) is 24.2 Å². The smallest absolute Gasteiger partial charge is 0.299 e. The highest BCUT2D eigenvalue weighted by atomic mass is 16.5. The van der Waals surface area contributed by atoms with Crippen LogP contribution in [0.25, 0.3) is 0 Å². The molecule has 1 heterocycles. The molecule has 2 rings (SSSR count). The predicted molar refractivity (Wildman–Crippen MR) is 77.4 cm³/mol. The van der Waals surface area contributed by atoms with Gasteiger partial charge in [-0.25, -0.2) is 0 Å². The van der Waals surface area contributed by atoms with Crippen LogP contribution >= 0.6 is 0 Å². The van der Waals surface area contributed by atoms with E-state index in [9.17, 15) is 9.59 Å². The van der Waals surface area contributed by atoms with Crippen molar-refractivity contribution < 1.29 is 14.3 Å². The number of anilines is 1. The van der Waals surface area contributed by atoms with Gasteiger partial charge < -0.3 is 15.0 Å². The molecule has 1 unspecified atom stereocenters. The number of ketones is 1. The van der Waals surface area contributed by atoms with Gasteiger partial charge in [-0.15, -0.1) is 0 Å². The van der Waals surface area contributed by atoms with Gasteiger partial charge in [0.25, 0.3) is 11.7 Å². The fourth-order valence-corrected chi connectivity index (χ4v) is 2.35. The van der Waals surface area contributed by atoms with Gasteiger partial charge in [-0.3, -0.25) is 9.59 Å². The van der Waals surface area contributed by atoms with Crippen LogP contribution in [-0.2, 0) is 4.79 Å². The number of amides is 1. The molecule has 0 aromatic heterocycles. The zero-order valence-corrected chi connectivity index (χ0v) is 12.1. The maximum atomic E-state index is 12.1. The molecule has 5 nitrogen and oxygen atoms in total. The van der Waals surface area contributed by atoms with Gasteiger partial charge in [-0.05, 0) is 37.2 Å². The van der Waals surface area contributed by atoms with Gasteiger partial charge in [0.1, 0.15) is 5.75 Å². The third kappa shape index (κ3) is 2.67. The predicted octanol–water partition coefficient (Wildman–Crippen LogP) is 1.47. The number of hydrogen-bond acceptors (Lipinski definition) is 4. The molecule has 0 spiro atoms. The summed E-state index contributed by atoms with van der Waals surface area (Å²) < 4.78 is 5.10. The van der Waals surface area contributed by atoms with Crippen LogP contribution in [0, 0.1) is 5.92 Å². The van der Waals surface area contributed by atoms with E-state index >= 15 is 0 Å². The highest BCUT2D eigenvalue weighted by Crippen LogP contribution is 2.32. The van der Waals surface area contributed by atoms with E-state index in [0.29, 0.717) is 23.5 Å². The van der Waals surface area contributed by atoms with Crippen LogP contribution in [-0.4, -0.2) is 38.4 Å². The second-order valence-corrected chi connectivity index (χ2v) is 5.04. The molecular formula is C15H20N2O3. The first-order chi connectivity index (χ1) is 9.58. The zero-order chi connectivity index (χ0) is 14.7. The Bertz CT molecular complexity index is 528. The summed E-state index contributed by atoms with van der Waals surface area (Å²) in [4.78, 5) is 25.7. The van der Waals surface area contributed by atoms with E-state index in [2.05, 4.69) is 12.2 Å². The third-order valence-corrected chi connectivity index (χ3v) is 3.42. The van der Waals surface area contributed by atoms with Crippen LogP contribution in [0.15, 0.2) is 18.2 Å². The van der Waals surface area contributed by atoms with Gasteiger partial charge in [0.15, 0.2) is 0 Å². The van der Waals surface area contributed by atoms with E-state index in [1.54, 1.807) is 30.2 Å². The molecule has 1 N–H and O–H groups in total. The molecular weight excluding hydrogens is 256 g/mol. The van der Waals surface area contributed by atoms with Crippen molar-refractivity contribution in [2.45, 2.75) is 13.8 Å². The Hall–Kier alpha value is -1.88. The first-order valence-corrected chi connectivity index (χ1v) is 6.83. The first-order valence-electron chi connectivity index (χ1n) is 6.83. The summed E-state index contributed by atoms with van der Waals surface area (Å²) in [7, 11) is 1.54. The molecule has 20 heavy (non-hydrogen) atoms. The van der Waals surface area contributed by atoms with Gasteiger partial charge in [0.2, 0.25) is 0 Å². The summed E-state index contributed by atoms with van der Waals surface area (Å²) in [5.41, 5.74) is 1.12. The zero-order valence-electron chi connectivity index (χ0n) is 12.1. The average molecular weight is 276 g/mol. The number of benzene rings is 1. The topological polar surface area (TPSA) is 58.6 Å². The van der Waals surface area contributed by atoms with Gasteiger partial charge in [-0.2, -0.15) is 0 Å². The van der Waals surface area contributed by atoms with Gasteiger partial charge in [0, 0.05) is 6.54 Å². The number of hydrogen-bond donors (Lipinski definition) is 1. The normalized spacial score (nSPS) is 15.4. The SMILES string of the molecule is CCNCC(C)CN1C(=O)C(=O)c2cc(OC)ccc21. The largest absolute Gasteiger partial charge is 0.497 e. The lowest BCUT2D eigenvalue weighted by molar-refractivity contribution is -0.114. The molecule has 0 radical (unpaired) electrons. The van der Waals surface area contributed by atoms with E-state index in [4.69, 9.17) is 4.74 Å². The minimum Gasteiger partial charge on any atom is -0.497 e. The lowest BCUT2D eigenvalue weighted by atomic mass is 10.1. The molecule has 0 aliphatic carbocycles. The quantitative estimate of drug-likeness (QED) is 0.799. The molecule has 0 saturated heterocycles. The van der Waals surface area contributed by atoms with Crippen molar-refractivity contribution in [3.63, 3.8) is 0 Å². The van der Waals surface area contributed by atoms with Gasteiger partial charge in [0.05, 0.1) is 18.4 Å². The molecule has 108 valence electrons. The fraction of sp³-hybridized carbons (Fsp3) is 0.467. The van der Waals surface area contributed by atoms with Crippen molar-refractivity contribution in [3.8, 4) is 5.75 Å². The number of carbonyl (C=O) groups is 2. The molecule has 0 fully saturated rings. The second-order valence-electron chi connectivity index (χ2n) is 5.04. The molecule has 1 aliphatic heterocycles. The van der Waals surface area contributed by atoms with Crippen LogP contribution in [0.4, 0.5) is 5.69 Å². The van der Waals surface area contributed by atoms with E-state index in [0.717, 1.165) is 13.1 Å². The number of nitrogens with zero attached hydrogens (tertiary/aromatic N) is 1. The van der Waals surface area contributed by atoms with Crippen LogP contribution in [0.5, 0.6) is 5.75 Å². The van der Waals surface area contributed by atoms with Crippen molar-refractivity contribution in [1.29, 1.82) is 0 Å². The Morgan fingerprint density at radius 3 is 2.75 bits per heavy atom. The summed E-state index contributed by atoms with van der Waals surface area (Å²) in [6, 6.07) is 5.17. The number of ether oxygens (including phenoxy) is 1. The molecule has 1 atom stereocenters. The minimum absolute atomic E-state index is 0.278. The Kier molecular flexibility index (Phi) is 4.39. The van der Waals surface area contributed by atoms with E-state index in [-0.39, 0.29) is 5.92 Å². The van der Waals surface area contributed by atoms with Crippen molar-refractivity contribution >= 4 is 17.4 Å². The fourth-order valence-electron chi connectivity index (χ4n) is 2.35. The van der Waals surface area contributed by atoms with E-state index in [1.807, 2.05) is 6.92 Å². The molecule has 1 aromatic carbocycles. The van der Waals surface area contributed by atoms with Crippen LogP contribution < -0.4 is 15.0 Å². The standard InChI is InChI=1S/C15H20N2O3/c1-4-16-8-10(2)9-17-13-6-5-11(20-3)7-12(13)14(18)15(17)19/h5-7,10,16H,4,8-9H2,1-3H3. The van der Waals surface area contributed by atoms with Crippen molar-refractivity contribution in [2.75, 3.05) is 31.6 Å². The highest BCUT2D eigenvalue weighted by Gasteiger charge is 2.36. The summed E-state index contributed by atoms with van der Waals surface area (Å²) in [6.45, 7) is 6.35. The summed E-state index contributed by atoms with van der Waals surface area (Å²) in [5.74, 6) is -0.0293. The van der Waals surface area contributed by atoms with Crippen molar-refractivity contribution in [1.82, 2.24) is 5.32 Å². The second kappa shape index (κ2) is 6.05. The Morgan fingerprint density at radius 2 is 2.10 bits per heavy atom. The van der Waals surface area contributed by atoms with Crippen molar-refractivity contribution in [2.24, 2.45) is 5.92 Å². The number of nitrogens with one attached hydrogen (secondary N) is 1. The summed E-state index contributed by atoms with van der Waals surface area (Å²) >= 11 is 0. The lowest BCUT2D eigenvalue weighted by Gasteiger charge is -2.21. The number of rotatable bonds is 6. The highest BCUT2D eigenvalue weighted by molar-refractivity contribution is 6.52. The molecule has 5 heteroatoms. The summed E-state index contributed by atoms with van der Waals surface area (Å²) in [5, 5.41) is 3.25. The molecule has 0 saturated carbocycles. The van der Waals surface area contributed by atoms with Crippen LogP contribution in [0.2, 0.25) is 0 Å². The number of carbonyl (C=O) groups excluding carboxylic acids is 2. The lowest BCUT2D eigenvalue weighted by Crippen LogP contribution is -2.36. The monoisotopic (exact) mass is 276 g/mol. The molecule has 1 amide bonds. The Balaban J connectivity index is 2.20. The van der Waals surface area contributed by atoms with Gasteiger partial charge in [-0.1, -0.05) is 13.8 Å². The Morgan fingerprint density at radius 1 is 1.35 bits per heavy atom. The van der Waals surface area contributed by atoms with E-state index in [1.165, 1.54) is 0 Å². The van der Waals surface area contributed by atoms with Gasteiger partial charge >= 0.3 is 0 Å². The molecule has 1 aliphatic rings.